The lowest BCUT2D eigenvalue weighted by Crippen LogP contribution is -2.02. The van der Waals surface area contributed by atoms with Gasteiger partial charge < -0.3 is 24.4 Å². The van der Waals surface area contributed by atoms with Crippen LogP contribution in [0.5, 0.6) is 23.0 Å². The molecular formula is C23H24O7. The van der Waals surface area contributed by atoms with E-state index in [0.717, 1.165) is 0 Å². The molecule has 0 fully saturated rings. The predicted octanol–water partition coefficient (Wildman–Crippen LogP) is 3.73. The van der Waals surface area contributed by atoms with E-state index in [1.54, 1.807) is 30.3 Å². The number of allylic oxidation sites excluding steroid dienone is 2. The van der Waals surface area contributed by atoms with Gasteiger partial charge in [0.05, 0.1) is 13.5 Å². The summed E-state index contributed by atoms with van der Waals surface area (Å²) < 4.78 is 15.4. The molecule has 2 rings (SSSR count). The topological polar surface area (TPSA) is 102 Å². The van der Waals surface area contributed by atoms with Crippen molar-refractivity contribution in [1.29, 1.82) is 0 Å². The minimum atomic E-state index is -0.363. The Morgan fingerprint density at radius 2 is 1.43 bits per heavy atom. The van der Waals surface area contributed by atoms with Crippen LogP contribution in [0.2, 0.25) is 0 Å². The molecule has 7 nitrogen and oxygen atoms in total. The molecule has 7 heteroatoms. The van der Waals surface area contributed by atoms with Crippen LogP contribution in [0, 0.1) is 0 Å². The fourth-order valence-electron chi connectivity index (χ4n) is 2.40. The molecule has 0 radical (unpaired) electrons. The maximum Gasteiger partial charge on any atom is 0.189 e. The smallest absolute Gasteiger partial charge is 0.189 e. The van der Waals surface area contributed by atoms with Crippen molar-refractivity contribution < 1.29 is 34.0 Å². The van der Waals surface area contributed by atoms with Crippen LogP contribution in [0.4, 0.5) is 0 Å². The monoisotopic (exact) mass is 412 g/mol. The molecule has 0 unspecified atom stereocenters. The molecule has 2 aromatic rings. The van der Waals surface area contributed by atoms with Crippen molar-refractivity contribution in [3.8, 4) is 23.0 Å². The van der Waals surface area contributed by atoms with Crippen molar-refractivity contribution in [3.05, 3.63) is 59.7 Å². The molecule has 0 aliphatic carbocycles. The van der Waals surface area contributed by atoms with Crippen molar-refractivity contribution in [2.75, 3.05) is 20.5 Å². The number of phenols is 2. The van der Waals surface area contributed by atoms with Crippen LogP contribution in [-0.2, 0) is 14.3 Å². The standard InChI is InChI=1S/C23H24O7/c1-3-29-15-30-23-13-17(7-11-21(23)27)5-9-19(25)14-18(24)8-4-16-6-10-20(26)22(12-16)28-2/h4-13,26-27H,3,14-15H2,1-2H3/b8-4+,9-5+. The van der Waals surface area contributed by atoms with Crippen LogP contribution in [0.1, 0.15) is 24.5 Å². The molecule has 0 aliphatic rings. The first-order chi connectivity index (χ1) is 14.4. The number of hydrogen-bond acceptors (Lipinski definition) is 7. The van der Waals surface area contributed by atoms with Crippen molar-refractivity contribution in [1.82, 2.24) is 0 Å². The van der Waals surface area contributed by atoms with Crippen LogP contribution in [0.25, 0.3) is 12.2 Å². The average molecular weight is 412 g/mol. The average Bonchev–Trinajstić information content (AvgIpc) is 2.73. The second-order valence-electron chi connectivity index (χ2n) is 6.19. The van der Waals surface area contributed by atoms with Crippen LogP contribution in [-0.4, -0.2) is 42.3 Å². The Balaban J connectivity index is 1.94. The summed E-state index contributed by atoms with van der Waals surface area (Å²) >= 11 is 0. The zero-order valence-corrected chi connectivity index (χ0v) is 16.8. The van der Waals surface area contributed by atoms with E-state index < -0.39 is 0 Å². The van der Waals surface area contributed by atoms with Gasteiger partial charge >= 0.3 is 0 Å². The third kappa shape index (κ3) is 7.10. The van der Waals surface area contributed by atoms with E-state index in [1.165, 1.54) is 37.5 Å². The molecule has 158 valence electrons. The Labute approximate surface area is 174 Å². The Morgan fingerprint density at radius 3 is 1.97 bits per heavy atom. The maximum atomic E-state index is 12.1. The van der Waals surface area contributed by atoms with Gasteiger partial charge in [0.2, 0.25) is 0 Å². The van der Waals surface area contributed by atoms with Crippen molar-refractivity contribution in [3.63, 3.8) is 0 Å². The van der Waals surface area contributed by atoms with Gasteiger partial charge in [-0.05, 0) is 54.5 Å². The number of aromatic hydroxyl groups is 2. The predicted molar refractivity (Wildman–Crippen MR) is 113 cm³/mol. The van der Waals surface area contributed by atoms with Crippen LogP contribution < -0.4 is 9.47 Å². The highest BCUT2D eigenvalue weighted by molar-refractivity contribution is 6.10. The minimum Gasteiger partial charge on any atom is -0.504 e. The van der Waals surface area contributed by atoms with Crippen LogP contribution in [0.15, 0.2) is 48.6 Å². The molecule has 2 aromatic carbocycles. The Hall–Kier alpha value is -3.58. The molecule has 0 spiro atoms. The highest BCUT2D eigenvalue weighted by Gasteiger charge is 2.06. The zero-order valence-electron chi connectivity index (χ0n) is 16.8. The van der Waals surface area contributed by atoms with E-state index in [9.17, 15) is 19.8 Å². The lowest BCUT2D eigenvalue weighted by molar-refractivity contribution is -0.121. The summed E-state index contributed by atoms with van der Waals surface area (Å²) in [6, 6.07) is 9.30. The first-order valence-electron chi connectivity index (χ1n) is 9.25. The quantitative estimate of drug-likeness (QED) is 0.251. The number of ether oxygens (including phenoxy) is 3. The zero-order chi connectivity index (χ0) is 21.9. The normalized spacial score (nSPS) is 11.1. The summed E-state index contributed by atoms with van der Waals surface area (Å²) in [7, 11) is 1.43. The van der Waals surface area contributed by atoms with Crippen molar-refractivity contribution >= 4 is 23.7 Å². The molecule has 0 aromatic heterocycles. The third-order valence-electron chi connectivity index (χ3n) is 3.96. The molecule has 2 N–H and O–H groups in total. The Bertz CT molecular complexity index is 945. The summed E-state index contributed by atoms with van der Waals surface area (Å²) in [5.41, 5.74) is 1.29. The number of phenolic OH excluding ortho intramolecular Hbond substituents is 2. The number of hydrogen-bond donors (Lipinski definition) is 2. The van der Waals surface area contributed by atoms with E-state index in [2.05, 4.69) is 0 Å². The summed E-state index contributed by atoms with van der Waals surface area (Å²) in [6.07, 6.45) is 5.40. The van der Waals surface area contributed by atoms with Gasteiger partial charge in [0.1, 0.15) is 0 Å². The number of ketones is 2. The van der Waals surface area contributed by atoms with Crippen LogP contribution >= 0.6 is 0 Å². The van der Waals surface area contributed by atoms with Gasteiger partial charge in [-0.25, -0.2) is 0 Å². The van der Waals surface area contributed by atoms with Crippen LogP contribution in [0.3, 0.4) is 0 Å². The molecular weight excluding hydrogens is 388 g/mol. The number of methoxy groups -OCH3 is 1. The summed E-state index contributed by atoms with van der Waals surface area (Å²) in [5, 5.41) is 19.4. The van der Waals surface area contributed by atoms with E-state index >= 15 is 0 Å². The maximum absolute atomic E-state index is 12.1. The van der Waals surface area contributed by atoms with Gasteiger partial charge in [-0.15, -0.1) is 0 Å². The molecule has 0 amide bonds. The van der Waals surface area contributed by atoms with Gasteiger partial charge in [0.25, 0.3) is 0 Å². The highest BCUT2D eigenvalue weighted by Crippen LogP contribution is 2.28. The largest absolute Gasteiger partial charge is 0.504 e. The second kappa shape index (κ2) is 11.4. The minimum absolute atomic E-state index is 0.00182. The summed E-state index contributed by atoms with van der Waals surface area (Å²) in [5.74, 6) is -0.226. The van der Waals surface area contributed by atoms with Gasteiger partial charge in [-0.2, -0.15) is 0 Å². The molecule has 0 bridgehead atoms. The van der Waals surface area contributed by atoms with Gasteiger partial charge in [-0.3, -0.25) is 9.59 Å². The van der Waals surface area contributed by atoms with Crippen molar-refractivity contribution in [2.45, 2.75) is 13.3 Å². The number of carbonyl (C=O) groups is 2. The Morgan fingerprint density at radius 1 is 0.900 bits per heavy atom. The SMILES string of the molecule is CCOCOc1cc(/C=C/C(=O)CC(=O)/C=C/c2ccc(O)c(OC)c2)ccc1O. The fraction of sp³-hybridized carbons (Fsp3) is 0.217. The lowest BCUT2D eigenvalue weighted by atomic mass is 10.1. The van der Waals surface area contributed by atoms with E-state index in [-0.39, 0.29) is 42.0 Å². The summed E-state index contributed by atoms with van der Waals surface area (Å²) in [4.78, 5) is 24.1. The lowest BCUT2D eigenvalue weighted by Gasteiger charge is -2.08. The second-order valence-corrected chi connectivity index (χ2v) is 6.19. The van der Waals surface area contributed by atoms with E-state index in [4.69, 9.17) is 14.2 Å². The number of rotatable bonds is 11. The molecule has 0 saturated carbocycles. The van der Waals surface area contributed by atoms with Gasteiger partial charge in [-0.1, -0.05) is 24.3 Å². The van der Waals surface area contributed by atoms with E-state index in [0.29, 0.717) is 23.5 Å². The van der Waals surface area contributed by atoms with Gasteiger partial charge in [0, 0.05) is 6.61 Å². The number of carbonyl (C=O) groups excluding carboxylic acids is 2. The molecule has 0 heterocycles. The molecule has 0 atom stereocenters. The fourth-order valence-corrected chi connectivity index (χ4v) is 2.40. The third-order valence-corrected chi connectivity index (χ3v) is 3.96. The summed E-state index contributed by atoms with van der Waals surface area (Å²) in [6.45, 7) is 2.31. The first-order valence-corrected chi connectivity index (χ1v) is 9.25. The molecule has 30 heavy (non-hydrogen) atoms. The number of benzene rings is 2. The first kappa shape index (κ1) is 22.7. The molecule has 0 aliphatic heterocycles. The van der Waals surface area contributed by atoms with Crippen molar-refractivity contribution in [2.24, 2.45) is 0 Å². The van der Waals surface area contributed by atoms with Gasteiger partial charge in [0.15, 0.2) is 41.4 Å². The Kier molecular flexibility index (Phi) is 8.65. The molecule has 0 saturated heterocycles. The van der Waals surface area contributed by atoms with E-state index in [1.807, 2.05) is 6.92 Å². The highest BCUT2D eigenvalue weighted by atomic mass is 16.7.